The number of hydrogen-bond donors (Lipinski definition) is 0. The minimum Gasteiger partial charge on any atom is -0.309 e. The molecule has 0 aliphatic heterocycles. The Morgan fingerprint density at radius 3 is 0.767 bits per heavy atom. The van der Waals surface area contributed by atoms with Crippen molar-refractivity contribution in [3.05, 3.63) is 164 Å². The standard InChI is InChI=1S/C42H27N/c1-4-16-31-28(13-1)25-40(37-22-10-7-19-34(31)37)43(41-26-29-14-2-5-17-32(29)35-20-8-11-23-38(35)41)42-27-30-15-3-6-18-33(30)36-21-9-12-24-39(36)42/h1-27H. The maximum absolute atomic E-state index is 2.53. The first-order valence-electron chi connectivity index (χ1n) is 14.9. The van der Waals surface area contributed by atoms with Crippen LogP contribution < -0.4 is 4.90 Å². The normalized spacial score (nSPS) is 11.7. The second-order valence-corrected chi connectivity index (χ2v) is 11.3. The Bertz CT molecular complexity index is 2240. The molecule has 1 heteroatoms. The SMILES string of the molecule is c1ccc2c(c1)cc(N(c1cc3ccccc3c3ccccc13)c1cc3ccccc3c3ccccc13)c1ccccc12. The molecule has 9 rings (SSSR count). The van der Waals surface area contributed by atoms with E-state index in [0.29, 0.717) is 0 Å². The van der Waals surface area contributed by atoms with Crippen molar-refractivity contribution >= 4 is 81.7 Å². The highest BCUT2D eigenvalue weighted by Crippen LogP contribution is 2.48. The zero-order valence-corrected chi connectivity index (χ0v) is 23.5. The summed E-state index contributed by atoms with van der Waals surface area (Å²) in [4.78, 5) is 2.53. The van der Waals surface area contributed by atoms with E-state index in [0.717, 1.165) is 0 Å². The molecule has 0 N–H and O–H groups in total. The van der Waals surface area contributed by atoms with Crippen LogP contribution in [0.4, 0.5) is 17.1 Å². The summed E-state index contributed by atoms with van der Waals surface area (Å²) in [5, 5.41) is 15.0. The predicted molar refractivity (Wildman–Crippen MR) is 186 cm³/mol. The van der Waals surface area contributed by atoms with Gasteiger partial charge in [-0.15, -0.1) is 0 Å². The van der Waals surface area contributed by atoms with Crippen LogP contribution in [0.2, 0.25) is 0 Å². The van der Waals surface area contributed by atoms with Crippen molar-refractivity contribution < 1.29 is 0 Å². The molecule has 43 heavy (non-hydrogen) atoms. The molecule has 0 fully saturated rings. The molecular weight excluding hydrogens is 518 g/mol. The molecule has 0 heterocycles. The molecule has 0 radical (unpaired) electrons. The van der Waals surface area contributed by atoms with Crippen LogP contribution in [0.3, 0.4) is 0 Å². The molecule has 0 spiro atoms. The van der Waals surface area contributed by atoms with E-state index in [2.05, 4.69) is 169 Å². The van der Waals surface area contributed by atoms with Crippen LogP contribution >= 0.6 is 0 Å². The van der Waals surface area contributed by atoms with Gasteiger partial charge in [-0.05, 0) is 66.7 Å². The second kappa shape index (κ2) is 9.44. The lowest BCUT2D eigenvalue weighted by atomic mass is 9.94. The van der Waals surface area contributed by atoms with Gasteiger partial charge in [-0.2, -0.15) is 0 Å². The summed E-state index contributed by atoms with van der Waals surface area (Å²) in [5.74, 6) is 0. The molecule has 9 aromatic carbocycles. The number of rotatable bonds is 3. The topological polar surface area (TPSA) is 3.24 Å². The number of fused-ring (bicyclic) bond motifs is 9. The van der Waals surface area contributed by atoms with Crippen LogP contribution in [0.15, 0.2) is 164 Å². The lowest BCUT2D eigenvalue weighted by molar-refractivity contribution is 1.34. The highest BCUT2D eigenvalue weighted by molar-refractivity contribution is 6.22. The summed E-state index contributed by atoms with van der Waals surface area (Å²) in [7, 11) is 0. The molecule has 0 bridgehead atoms. The van der Waals surface area contributed by atoms with Gasteiger partial charge in [0.2, 0.25) is 0 Å². The summed E-state index contributed by atoms with van der Waals surface area (Å²) in [6, 6.07) is 60.0. The Kier molecular flexibility index (Phi) is 5.27. The number of anilines is 3. The maximum atomic E-state index is 2.53. The molecule has 0 saturated carbocycles. The van der Waals surface area contributed by atoms with Crippen molar-refractivity contribution in [3.8, 4) is 0 Å². The van der Waals surface area contributed by atoms with E-state index >= 15 is 0 Å². The van der Waals surface area contributed by atoms with Crippen LogP contribution in [-0.4, -0.2) is 0 Å². The lowest BCUT2D eigenvalue weighted by Crippen LogP contribution is -2.12. The van der Waals surface area contributed by atoms with Gasteiger partial charge in [-0.3, -0.25) is 0 Å². The third-order valence-corrected chi connectivity index (χ3v) is 8.96. The smallest absolute Gasteiger partial charge is 0.0546 e. The monoisotopic (exact) mass is 545 g/mol. The van der Waals surface area contributed by atoms with Gasteiger partial charge in [-0.1, -0.05) is 146 Å². The molecule has 200 valence electrons. The molecule has 0 aliphatic carbocycles. The summed E-state index contributed by atoms with van der Waals surface area (Å²) < 4.78 is 0. The number of nitrogens with zero attached hydrogens (tertiary/aromatic N) is 1. The van der Waals surface area contributed by atoms with Crippen LogP contribution in [0.5, 0.6) is 0 Å². The fraction of sp³-hybridized carbons (Fsp3) is 0. The number of hydrogen-bond acceptors (Lipinski definition) is 1. The van der Waals surface area contributed by atoms with Crippen molar-refractivity contribution in [2.45, 2.75) is 0 Å². The third kappa shape index (κ3) is 3.65. The van der Waals surface area contributed by atoms with Crippen molar-refractivity contribution in [1.29, 1.82) is 0 Å². The van der Waals surface area contributed by atoms with Gasteiger partial charge in [0.05, 0.1) is 17.1 Å². The minimum atomic E-state index is 1.18. The first-order valence-corrected chi connectivity index (χ1v) is 14.9. The van der Waals surface area contributed by atoms with Gasteiger partial charge in [0.1, 0.15) is 0 Å². The highest BCUT2D eigenvalue weighted by Gasteiger charge is 2.22. The fourth-order valence-electron chi connectivity index (χ4n) is 7.05. The van der Waals surface area contributed by atoms with E-state index < -0.39 is 0 Å². The molecule has 0 atom stereocenters. The van der Waals surface area contributed by atoms with Crippen LogP contribution in [0, 0.1) is 0 Å². The van der Waals surface area contributed by atoms with Crippen LogP contribution in [-0.2, 0) is 0 Å². The second-order valence-electron chi connectivity index (χ2n) is 11.3. The van der Waals surface area contributed by atoms with E-state index in [1.165, 1.54) is 81.7 Å². The van der Waals surface area contributed by atoms with Gasteiger partial charge in [0.25, 0.3) is 0 Å². The molecule has 0 aromatic heterocycles. The highest BCUT2D eigenvalue weighted by atomic mass is 15.1. The Hall–Kier alpha value is -5.66. The van der Waals surface area contributed by atoms with Crippen molar-refractivity contribution in [1.82, 2.24) is 0 Å². The summed E-state index contributed by atoms with van der Waals surface area (Å²) in [6.45, 7) is 0. The molecule has 0 saturated heterocycles. The third-order valence-electron chi connectivity index (χ3n) is 8.96. The van der Waals surface area contributed by atoms with Crippen molar-refractivity contribution in [2.24, 2.45) is 0 Å². The Labute approximate surface area is 249 Å². The van der Waals surface area contributed by atoms with Crippen LogP contribution in [0.1, 0.15) is 0 Å². The zero-order valence-electron chi connectivity index (χ0n) is 23.5. The molecule has 1 nitrogen and oxygen atoms in total. The average Bonchev–Trinajstić information content (AvgIpc) is 3.08. The van der Waals surface area contributed by atoms with Crippen molar-refractivity contribution in [3.63, 3.8) is 0 Å². The van der Waals surface area contributed by atoms with Crippen molar-refractivity contribution in [2.75, 3.05) is 4.90 Å². The van der Waals surface area contributed by atoms with Gasteiger partial charge < -0.3 is 4.90 Å². The van der Waals surface area contributed by atoms with E-state index in [4.69, 9.17) is 0 Å². The minimum absolute atomic E-state index is 1.18. The summed E-state index contributed by atoms with van der Waals surface area (Å²) in [5.41, 5.74) is 3.53. The maximum Gasteiger partial charge on any atom is 0.0546 e. The van der Waals surface area contributed by atoms with Gasteiger partial charge in [0.15, 0.2) is 0 Å². The van der Waals surface area contributed by atoms with E-state index in [-0.39, 0.29) is 0 Å². The first kappa shape index (κ1) is 24.0. The predicted octanol–water partition coefficient (Wildman–Crippen LogP) is 12.1. The van der Waals surface area contributed by atoms with E-state index in [9.17, 15) is 0 Å². The molecule has 0 aliphatic rings. The molecule has 9 aromatic rings. The Morgan fingerprint density at radius 2 is 0.465 bits per heavy atom. The van der Waals surface area contributed by atoms with E-state index in [1.54, 1.807) is 0 Å². The zero-order chi connectivity index (χ0) is 28.3. The summed E-state index contributed by atoms with van der Waals surface area (Å²) in [6.07, 6.45) is 0. The Morgan fingerprint density at radius 1 is 0.233 bits per heavy atom. The van der Waals surface area contributed by atoms with Gasteiger partial charge in [-0.25, -0.2) is 0 Å². The van der Waals surface area contributed by atoms with E-state index in [1.807, 2.05) is 0 Å². The molecule has 0 unspecified atom stereocenters. The first-order chi connectivity index (χ1) is 21.3. The van der Waals surface area contributed by atoms with Gasteiger partial charge in [0, 0.05) is 16.2 Å². The lowest BCUT2D eigenvalue weighted by Gasteiger charge is -2.30. The average molecular weight is 546 g/mol. The van der Waals surface area contributed by atoms with Gasteiger partial charge >= 0.3 is 0 Å². The fourth-order valence-corrected chi connectivity index (χ4v) is 7.05. The molecular formula is C42H27N. The molecule has 0 amide bonds. The largest absolute Gasteiger partial charge is 0.309 e. The Balaban J connectivity index is 1.51. The summed E-state index contributed by atoms with van der Waals surface area (Å²) >= 11 is 0. The van der Waals surface area contributed by atoms with Crippen LogP contribution in [0.25, 0.3) is 64.6 Å². The number of benzene rings is 9. The quantitative estimate of drug-likeness (QED) is 0.200.